The molecule has 1 amide bonds. The van der Waals surface area contributed by atoms with Crippen LogP contribution in [0.2, 0.25) is 0 Å². The van der Waals surface area contributed by atoms with Gasteiger partial charge in [0.2, 0.25) is 0 Å². The maximum Gasteiger partial charge on any atom is 0.262 e. The molecule has 0 aliphatic heterocycles. The van der Waals surface area contributed by atoms with Crippen molar-refractivity contribution in [3.05, 3.63) is 72.3 Å². The fourth-order valence-electron chi connectivity index (χ4n) is 1.65. The van der Waals surface area contributed by atoms with Crippen LogP contribution in [0.25, 0.3) is 6.08 Å². The van der Waals surface area contributed by atoms with Gasteiger partial charge >= 0.3 is 0 Å². The molecule has 3 nitrogen and oxygen atoms in total. The molecule has 2 aromatic rings. The Morgan fingerprint density at radius 1 is 1.00 bits per heavy atom. The SMILES string of the molecule is CN(NC(=O)/C=C/c1ccccc1)c1ccccc1. The second-order valence-electron chi connectivity index (χ2n) is 4.11. The first-order chi connectivity index (χ1) is 9.25. The van der Waals surface area contributed by atoms with Crippen LogP contribution in [0.3, 0.4) is 0 Å². The van der Waals surface area contributed by atoms with Crippen LogP contribution in [0.1, 0.15) is 5.56 Å². The number of amides is 1. The number of carbonyl (C=O) groups is 1. The van der Waals surface area contributed by atoms with Crippen LogP contribution in [0.4, 0.5) is 5.69 Å². The lowest BCUT2D eigenvalue weighted by atomic mass is 10.2. The first kappa shape index (κ1) is 12.9. The lowest BCUT2D eigenvalue weighted by molar-refractivity contribution is -0.116. The van der Waals surface area contributed by atoms with Gasteiger partial charge in [0, 0.05) is 13.1 Å². The number of carbonyl (C=O) groups excluding carboxylic acids is 1. The second-order valence-corrected chi connectivity index (χ2v) is 4.11. The minimum Gasteiger partial charge on any atom is -0.288 e. The van der Waals surface area contributed by atoms with Gasteiger partial charge < -0.3 is 0 Å². The predicted molar refractivity (Wildman–Crippen MR) is 78.5 cm³/mol. The first-order valence-corrected chi connectivity index (χ1v) is 6.08. The molecule has 0 atom stereocenters. The summed E-state index contributed by atoms with van der Waals surface area (Å²) in [5.74, 6) is -0.157. The summed E-state index contributed by atoms with van der Waals surface area (Å²) in [4.78, 5) is 11.8. The molecule has 0 heterocycles. The molecule has 0 saturated heterocycles. The Morgan fingerprint density at radius 3 is 2.21 bits per heavy atom. The Kier molecular flexibility index (Phi) is 4.34. The maximum absolute atomic E-state index is 11.8. The Morgan fingerprint density at radius 2 is 1.58 bits per heavy atom. The summed E-state index contributed by atoms with van der Waals surface area (Å²) in [5, 5.41) is 1.69. The lowest BCUT2D eigenvalue weighted by Crippen LogP contribution is -2.38. The quantitative estimate of drug-likeness (QED) is 0.670. The molecule has 1 N–H and O–H groups in total. The van der Waals surface area contributed by atoms with Crippen molar-refractivity contribution in [1.82, 2.24) is 5.43 Å². The van der Waals surface area contributed by atoms with E-state index in [-0.39, 0.29) is 5.91 Å². The van der Waals surface area contributed by atoms with E-state index >= 15 is 0 Å². The van der Waals surface area contributed by atoms with Crippen molar-refractivity contribution in [2.75, 3.05) is 12.1 Å². The van der Waals surface area contributed by atoms with E-state index in [2.05, 4.69) is 5.43 Å². The van der Waals surface area contributed by atoms with E-state index in [1.807, 2.05) is 67.7 Å². The van der Waals surface area contributed by atoms with E-state index in [1.54, 1.807) is 11.1 Å². The minimum absolute atomic E-state index is 0.157. The average molecular weight is 252 g/mol. The number of benzene rings is 2. The van der Waals surface area contributed by atoms with Crippen LogP contribution in [0.5, 0.6) is 0 Å². The molecule has 19 heavy (non-hydrogen) atoms. The standard InChI is InChI=1S/C16H16N2O/c1-18(15-10-6-3-7-11-15)17-16(19)13-12-14-8-4-2-5-9-14/h2-13H,1H3,(H,17,19)/b13-12+. The maximum atomic E-state index is 11.8. The van der Waals surface area contributed by atoms with Crippen LogP contribution >= 0.6 is 0 Å². The summed E-state index contributed by atoms with van der Waals surface area (Å²) in [7, 11) is 1.81. The highest BCUT2D eigenvalue weighted by atomic mass is 16.2. The molecule has 2 aromatic carbocycles. The zero-order valence-electron chi connectivity index (χ0n) is 10.8. The number of para-hydroxylation sites is 1. The number of hydrogen-bond donors (Lipinski definition) is 1. The van der Waals surface area contributed by atoms with Crippen molar-refractivity contribution in [2.24, 2.45) is 0 Å². The fraction of sp³-hybridized carbons (Fsp3) is 0.0625. The number of anilines is 1. The molecule has 0 saturated carbocycles. The Bertz CT molecular complexity index is 549. The number of hydrazine groups is 1. The molecule has 0 radical (unpaired) electrons. The predicted octanol–water partition coefficient (Wildman–Crippen LogP) is 2.87. The van der Waals surface area contributed by atoms with Gasteiger partial charge in [0.05, 0.1) is 5.69 Å². The molecule has 3 heteroatoms. The van der Waals surface area contributed by atoms with E-state index in [9.17, 15) is 4.79 Å². The highest BCUT2D eigenvalue weighted by Gasteiger charge is 2.01. The first-order valence-electron chi connectivity index (χ1n) is 6.08. The summed E-state index contributed by atoms with van der Waals surface area (Å²) in [5.41, 5.74) is 4.71. The van der Waals surface area contributed by atoms with Crippen molar-refractivity contribution < 1.29 is 4.79 Å². The third-order valence-corrected chi connectivity index (χ3v) is 2.65. The molecule has 0 aliphatic rings. The van der Waals surface area contributed by atoms with Crippen molar-refractivity contribution in [1.29, 1.82) is 0 Å². The Balaban J connectivity index is 1.93. The van der Waals surface area contributed by atoms with Crippen molar-refractivity contribution in [3.8, 4) is 0 Å². The van der Waals surface area contributed by atoms with Gasteiger partial charge in [-0.25, -0.2) is 0 Å². The van der Waals surface area contributed by atoms with Gasteiger partial charge in [0.1, 0.15) is 0 Å². The topological polar surface area (TPSA) is 32.3 Å². The molecular formula is C16H16N2O. The molecule has 0 spiro atoms. The van der Waals surface area contributed by atoms with Gasteiger partial charge in [0.25, 0.3) is 5.91 Å². The lowest BCUT2D eigenvalue weighted by Gasteiger charge is -2.18. The molecule has 0 aromatic heterocycles. The van der Waals surface area contributed by atoms with Crippen LogP contribution < -0.4 is 10.4 Å². The Hall–Kier alpha value is -2.55. The van der Waals surface area contributed by atoms with Crippen molar-refractivity contribution in [3.63, 3.8) is 0 Å². The van der Waals surface area contributed by atoms with Crippen LogP contribution in [-0.2, 0) is 4.79 Å². The summed E-state index contributed by atoms with van der Waals surface area (Å²) in [6, 6.07) is 19.4. The van der Waals surface area contributed by atoms with Gasteiger partial charge in [-0.15, -0.1) is 0 Å². The number of hydrogen-bond acceptors (Lipinski definition) is 2. The van der Waals surface area contributed by atoms with E-state index in [4.69, 9.17) is 0 Å². The highest BCUT2D eigenvalue weighted by molar-refractivity contribution is 5.92. The second kappa shape index (κ2) is 6.40. The van der Waals surface area contributed by atoms with Gasteiger partial charge in [-0.2, -0.15) is 0 Å². The summed E-state index contributed by atoms with van der Waals surface area (Å²) in [6.45, 7) is 0. The summed E-state index contributed by atoms with van der Waals surface area (Å²) in [6.07, 6.45) is 3.31. The van der Waals surface area contributed by atoms with Gasteiger partial charge in [-0.1, -0.05) is 48.5 Å². The van der Waals surface area contributed by atoms with Crippen LogP contribution in [-0.4, -0.2) is 13.0 Å². The third kappa shape index (κ3) is 4.00. The average Bonchev–Trinajstić information content (AvgIpc) is 2.47. The normalized spacial score (nSPS) is 10.4. The van der Waals surface area contributed by atoms with Crippen molar-refractivity contribution in [2.45, 2.75) is 0 Å². The fourth-order valence-corrected chi connectivity index (χ4v) is 1.65. The third-order valence-electron chi connectivity index (χ3n) is 2.65. The number of nitrogens with one attached hydrogen (secondary N) is 1. The smallest absolute Gasteiger partial charge is 0.262 e. The Labute approximate surface area is 113 Å². The number of rotatable bonds is 4. The van der Waals surface area contributed by atoms with E-state index < -0.39 is 0 Å². The summed E-state index contributed by atoms with van der Waals surface area (Å²) >= 11 is 0. The number of nitrogens with zero attached hydrogens (tertiary/aromatic N) is 1. The largest absolute Gasteiger partial charge is 0.288 e. The molecule has 0 fully saturated rings. The molecule has 0 bridgehead atoms. The molecule has 0 unspecified atom stereocenters. The van der Waals surface area contributed by atoms with E-state index in [0.29, 0.717) is 0 Å². The highest BCUT2D eigenvalue weighted by Crippen LogP contribution is 2.08. The van der Waals surface area contributed by atoms with E-state index in [1.165, 1.54) is 6.08 Å². The molecule has 0 aliphatic carbocycles. The van der Waals surface area contributed by atoms with Crippen LogP contribution in [0, 0.1) is 0 Å². The molecule has 96 valence electrons. The van der Waals surface area contributed by atoms with E-state index in [0.717, 1.165) is 11.3 Å². The van der Waals surface area contributed by atoms with Gasteiger partial charge in [-0.05, 0) is 23.8 Å². The molecule has 2 rings (SSSR count). The summed E-state index contributed by atoms with van der Waals surface area (Å²) < 4.78 is 0. The van der Waals surface area contributed by atoms with Gasteiger partial charge in [0.15, 0.2) is 0 Å². The monoisotopic (exact) mass is 252 g/mol. The van der Waals surface area contributed by atoms with Crippen LogP contribution in [0.15, 0.2) is 66.7 Å². The van der Waals surface area contributed by atoms with Gasteiger partial charge in [-0.3, -0.25) is 15.2 Å². The molecular weight excluding hydrogens is 236 g/mol. The zero-order valence-corrected chi connectivity index (χ0v) is 10.8. The zero-order chi connectivity index (χ0) is 13.5. The minimum atomic E-state index is -0.157. The van der Waals surface area contributed by atoms with Crippen molar-refractivity contribution >= 4 is 17.7 Å².